The van der Waals surface area contributed by atoms with E-state index in [4.69, 9.17) is 21.1 Å². The number of hydrogen-bond donors (Lipinski definition) is 1. The third-order valence-electron chi connectivity index (χ3n) is 3.08. The zero-order valence-corrected chi connectivity index (χ0v) is 13.3. The number of anilines is 1. The van der Waals surface area contributed by atoms with E-state index in [0.717, 1.165) is 17.8 Å². The Balaban J connectivity index is 1.82. The second-order valence-electron chi connectivity index (χ2n) is 4.68. The van der Waals surface area contributed by atoms with Crippen molar-refractivity contribution < 1.29 is 19.2 Å². The number of amides is 1. The first-order chi connectivity index (χ1) is 11.0. The number of carbonyl (C=O) groups excluding carboxylic acids is 1. The molecule has 0 fully saturated rings. The Bertz CT molecular complexity index is 777. The number of hydrogen-bond acceptors (Lipinski definition) is 6. The van der Waals surface area contributed by atoms with Gasteiger partial charge in [-0.25, -0.2) is 0 Å². The zero-order chi connectivity index (χ0) is 16.4. The van der Waals surface area contributed by atoms with Crippen molar-refractivity contribution in [2.75, 3.05) is 18.5 Å². The first-order valence-electron chi connectivity index (χ1n) is 6.69. The van der Waals surface area contributed by atoms with Crippen LogP contribution in [-0.4, -0.2) is 24.0 Å². The van der Waals surface area contributed by atoms with Crippen molar-refractivity contribution in [3.63, 3.8) is 0 Å². The fourth-order valence-electron chi connectivity index (χ4n) is 2.01. The van der Waals surface area contributed by atoms with Crippen LogP contribution in [0.5, 0.6) is 11.5 Å². The molecule has 1 aliphatic heterocycles. The molecule has 0 radical (unpaired) electrons. The molecule has 0 spiro atoms. The first-order valence-corrected chi connectivity index (χ1v) is 7.89. The van der Waals surface area contributed by atoms with Crippen LogP contribution in [0, 0.1) is 10.1 Å². The van der Waals surface area contributed by atoms with E-state index in [1.54, 1.807) is 12.1 Å². The molecule has 1 amide bonds. The van der Waals surface area contributed by atoms with Crippen molar-refractivity contribution >= 4 is 39.5 Å². The number of carbonyl (C=O) groups is 1. The molecule has 0 aliphatic carbocycles. The van der Waals surface area contributed by atoms with Gasteiger partial charge in [-0.3, -0.25) is 14.9 Å². The molecule has 9 heteroatoms. The van der Waals surface area contributed by atoms with Gasteiger partial charge in [0.15, 0.2) is 11.5 Å². The highest BCUT2D eigenvalue weighted by molar-refractivity contribution is 7.17. The minimum atomic E-state index is -0.540. The summed E-state index contributed by atoms with van der Waals surface area (Å²) in [5.41, 5.74) is 0.358. The predicted molar refractivity (Wildman–Crippen MR) is 86.0 cm³/mol. The minimum Gasteiger partial charge on any atom is -0.490 e. The van der Waals surface area contributed by atoms with E-state index in [1.807, 2.05) is 0 Å². The molecular formula is C14H11ClN2O5S. The third kappa shape index (κ3) is 3.38. The summed E-state index contributed by atoms with van der Waals surface area (Å²) >= 11 is 6.94. The first kappa shape index (κ1) is 15.6. The van der Waals surface area contributed by atoms with Gasteiger partial charge in [-0.1, -0.05) is 22.9 Å². The van der Waals surface area contributed by atoms with Gasteiger partial charge in [0.25, 0.3) is 5.91 Å². The number of halogens is 1. The Hall–Kier alpha value is -2.32. The maximum absolute atomic E-state index is 12.2. The molecule has 120 valence electrons. The Labute approximate surface area is 139 Å². The van der Waals surface area contributed by atoms with Crippen molar-refractivity contribution in [2.24, 2.45) is 0 Å². The summed E-state index contributed by atoms with van der Waals surface area (Å²) in [6.45, 7) is 1.05. The highest BCUT2D eigenvalue weighted by atomic mass is 35.5. The largest absolute Gasteiger partial charge is 0.490 e. The van der Waals surface area contributed by atoms with Gasteiger partial charge >= 0.3 is 5.00 Å². The minimum absolute atomic E-state index is 0.0973. The number of nitro groups is 1. The summed E-state index contributed by atoms with van der Waals surface area (Å²) in [4.78, 5) is 22.5. The smallest absolute Gasteiger partial charge is 0.324 e. The van der Waals surface area contributed by atoms with Crippen LogP contribution in [0.2, 0.25) is 5.02 Å². The maximum Gasteiger partial charge on any atom is 0.324 e. The van der Waals surface area contributed by atoms with Crippen molar-refractivity contribution in [2.45, 2.75) is 6.42 Å². The standard InChI is InChI=1S/C14H11ClN2O5S/c15-8-6-10-11(22-5-1-4-21-10)7-9(8)16-14(18)12-2-3-13(23-12)17(19)20/h2-3,6-7H,1,4-5H2,(H,16,18). The van der Waals surface area contributed by atoms with E-state index in [9.17, 15) is 14.9 Å². The van der Waals surface area contributed by atoms with E-state index >= 15 is 0 Å². The van der Waals surface area contributed by atoms with E-state index in [2.05, 4.69) is 5.32 Å². The molecule has 3 rings (SSSR count). The van der Waals surface area contributed by atoms with Crippen LogP contribution in [0.1, 0.15) is 16.1 Å². The van der Waals surface area contributed by atoms with Gasteiger partial charge in [-0.05, 0) is 6.07 Å². The predicted octanol–water partition coefficient (Wildman–Crippen LogP) is 3.72. The lowest BCUT2D eigenvalue weighted by molar-refractivity contribution is -0.380. The Kier molecular flexibility index (Phi) is 4.35. The molecule has 23 heavy (non-hydrogen) atoms. The lowest BCUT2D eigenvalue weighted by Crippen LogP contribution is -2.10. The monoisotopic (exact) mass is 354 g/mol. The summed E-state index contributed by atoms with van der Waals surface area (Å²) < 4.78 is 11.1. The quantitative estimate of drug-likeness (QED) is 0.670. The average Bonchev–Trinajstić information content (AvgIpc) is 2.91. The van der Waals surface area contributed by atoms with Gasteiger partial charge in [0, 0.05) is 24.6 Å². The van der Waals surface area contributed by atoms with Gasteiger partial charge in [0.05, 0.1) is 33.7 Å². The summed E-state index contributed by atoms with van der Waals surface area (Å²) in [5.74, 6) is 0.552. The van der Waals surface area contributed by atoms with Crippen LogP contribution in [0.25, 0.3) is 0 Å². The van der Waals surface area contributed by atoms with Crippen molar-refractivity contribution in [1.29, 1.82) is 0 Å². The van der Waals surface area contributed by atoms with Crippen LogP contribution < -0.4 is 14.8 Å². The molecule has 7 nitrogen and oxygen atoms in total. The van der Waals surface area contributed by atoms with Crippen LogP contribution in [-0.2, 0) is 0 Å². The van der Waals surface area contributed by atoms with Gasteiger partial charge in [0.1, 0.15) is 0 Å². The highest BCUT2D eigenvalue weighted by Crippen LogP contribution is 2.38. The SMILES string of the molecule is O=C(Nc1cc2c(cc1Cl)OCCCO2)c1ccc([N+](=O)[O-])s1. The fraction of sp³-hybridized carbons (Fsp3) is 0.214. The van der Waals surface area contributed by atoms with Gasteiger partial charge in [-0.2, -0.15) is 0 Å². The van der Waals surface area contributed by atoms with Crippen LogP contribution in [0.3, 0.4) is 0 Å². The molecule has 1 aromatic heterocycles. The highest BCUT2D eigenvalue weighted by Gasteiger charge is 2.19. The van der Waals surface area contributed by atoms with Crippen LogP contribution in [0.4, 0.5) is 10.7 Å². The van der Waals surface area contributed by atoms with Crippen molar-refractivity contribution in [3.05, 3.63) is 44.3 Å². The fourth-order valence-corrected chi connectivity index (χ4v) is 2.93. The van der Waals surface area contributed by atoms with E-state index in [0.29, 0.717) is 35.4 Å². The molecule has 1 aliphatic rings. The summed E-state index contributed by atoms with van der Waals surface area (Å²) in [5, 5.41) is 13.5. The lowest BCUT2D eigenvalue weighted by Gasteiger charge is -2.12. The van der Waals surface area contributed by atoms with E-state index < -0.39 is 10.8 Å². The summed E-state index contributed by atoms with van der Waals surface area (Å²) in [6.07, 6.45) is 0.757. The molecule has 0 bridgehead atoms. The summed E-state index contributed by atoms with van der Waals surface area (Å²) in [6, 6.07) is 5.85. The number of rotatable bonds is 3. The maximum atomic E-state index is 12.2. The molecule has 1 N–H and O–H groups in total. The number of benzene rings is 1. The number of fused-ring (bicyclic) bond motifs is 1. The second kappa shape index (κ2) is 6.43. The molecule has 1 aromatic carbocycles. The van der Waals surface area contributed by atoms with Crippen LogP contribution >= 0.6 is 22.9 Å². The van der Waals surface area contributed by atoms with Crippen molar-refractivity contribution in [1.82, 2.24) is 0 Å². The third-order valence-corrected chi connectivity index (χ3v) is 4.43. The number of thiophene rings is 1. The molecule has 2 aromatic rings. The zero-order valence-electron chi connectivity index (χ0n) is 11.7. The lowest BCUT2D eigenvalue weighted by atomic mass is 10.2. The molecule has 2 heterocycles. The van der Waals surface area contributed by atoms with Gasteiger partial charge in [0.2, 0.25) is 0 Å². The number of nitrogens with zero attached hydrogens (tertiary/aromatic N) is 1. The normalized spacial score (nSPS) is 13.3. The summed E-state index contributed by atoms with van der Waals surface area (Å²) in [7, 11) is 0. The van der Waals surface area contributed by atoms with Gasteiger partial charge in [-0.15, -0.1) is 0 Å². The van der Waals surface area contributed by atoms with Crippen LogP contribution in [0.15, 0.2) is 24.3 Å². The molecule has 0 unspecified atom stereocenters. The molecular weight excluding hydrogens is 344 g/mol. The number of nitrogens with one attached hydrogen (secondary N) is 1. The molecule has 0 atom stereocenters. The van der Waals surface area contributed by atoms with Crippen molar-refractivity contribution in [3.8, 4) is 11.5 Å². The second-order valence-corrected chi connectivity index (χ2v) is 6.15. The van der Waals surface area contributed by atoms with Gasteiger partial charge < -0.3 is 14.8 Å². The molecule has 0 saturated carbocycles. The number of ether oxygens (including phenoxy) is 2. The van der Waals surface area contributed by atoms with E-state index in [1.165, 1.54) is 12.1 Å². The Morgan fingerprint density at radius 2 is 1.96 bits per heavy atom. The average molecular weight is 355 g/mol. The topological polar surface area (TPSA) is 90.7 Å². The molecule has 0 saturated heterocycles. The Morgan fingerprint density at radius 1 is 1.26 bits per heavy atom. The van der Waals surface area contributed by atoms with E-state index in [-0.39, 0.29) is 9.88 Å². The Morgan fingerprint density at radius 3 is 2.61 bits per heavy atom.